The second kappa shape index (κ2) is 8.19. The Bertz CT molecular complexity index is 598. The Balaban J connectivity index is 2.64. The molecule has 0 aliphatic heterocycles. The third-order valence-electron chi connectivity index (χ3n) is 6.39. The van der Waals surface area contributed by atoms with E-state index in [0.29, 0.717) is 17.3 Å². The monoisotopic (exact) mass is 324 g/mol. The van der Waals surface area contributed by atoms with Crippen molar-refractivity contribution in [2.24, 2.45) is 11.3 Å². The van der Waals surface area contributed by atoms with Gasteiger partial charge in [0, 0.05) is 5.92 Å². The smallest absolute Gasteiger partial charge is 0.00487 e. The average molecular weight is 325 g/mol. The van der Waals surface area contributed by atoms with Crippen LogP contribution in [0.1, 0.15) is 82.9 Å². The molecule has 0 saturated carbocycles. The first-order chi connectivity index (χ1) is 11.5. The van der Waals surface area contributed by atoms with Gasteiger partial charge in [0.15, 0.2) is 0 Å². The summed E-state index contributed by atoms with van der Waals surface area (Å²) in [5.41, 5.74) is 6.58. The van der Waals surface area contributed by atoms with E-state index in [9.17, 15) is 0 Å². The zero-order valence-corrected chi connectivity index (χ0v) is 16.7. The Labute approximate surface area is 150 Å². The zero-order chi connectivity index (χ0) is 17.7. The molecule has 0 spiro atoms. The standard InChI is InChI=1S/C24H36/c1-7-21-19(5)13-10-12-18(4)16-24(8-2,9-3)17-23-20(6)14-11-15-22(21)23/h10-15,18,21H,7-9,16-17H2,1-6H3. The van der Waals surface area contributed by atoms with Gasteiger partial charge in [-0.15, -0.1) is 0 Å². The molecule has 2 rings (SSSR count). The van der Waals surface area contributed by atoms with Crippen LogP contribution in [0.4, 0.5) is 0 Å². The molecule has 0 saturated heterocycles. The molecule has 0 fully saturated rings. The predicted octanol–water partition coefficient (Wildman–Crippen LogP) is 7.38. The molecule has 0 radical (unpaired) electrons. The van der Waals surface area contributed by atoms with Crippen LogP contribution in [0.5, 0.6) is 0 Å². The Morgan fingerprint density at radius 2 is 1.79 bits per heavy atom. The van der Waals surface area contributed by atoms with E-state index in [4.69, 9.17) is 0 Å². The fourth-order valence-electron chi connectivity index (χ4n) is 4.58. The Morgan fingerprint density at radius 3 is 2.42 bits per heavy atom. The summed E-state index contributed by atoms with van der Waals surface area (Å²) in [5, 5.41) is 0. The lowest BCUT2D eigenvalue weighted by Crippen LogP contribution is -2.26. The van der Waals surface area contributed by atoms with Gasteiger partial charge in [-0.2, -0.15) is 0 Å². The Morgan fingerprint density at radius 1 is 1.08 bits per heavy atom. The zero-order valence-electron chi connectivity index (χ0n) is 16.7. The number of fused-ring (bicyclic) bond motifs is 1. The van der Waals surface area contributed by atoms with Gasteiger partial charge in [0.2, 0.25) is 0 Å². The second-order valence-electron chi connectivity index (χ2n) is 7.96. The number of hydrogen-bond acceptors (Lipinski definition) is 0. The van der Waals surface area contributed by atoms with Crippen molar-refractivity contribution in [2.45, 2.75) is 79.6 Å². The van der Waals surface area contributed by atoms with Crippen LogP contribution >= 0.6 is 0 Å². The number of aryl methyl sites for hydroxylation is 1. The molecule has 0 heterocycles. The highest BCUT2D eigenvalue weighted by molar-refractivity contribution is 5.42. The highest BCUT2D eigenvalue weighted by Gasteiger charge is 2.30. The summed E-state index contributed by atoms with van der Waals surface area (Å²) in [6, 6.07) is 6.94. The molecule has 0 nitrogen and oxygen atoms in total. The quantitative estimate of drug-likeness (QED) is 0.544. The van der Waals surface area contributed by atoms with Gasteiger partial charge >= 0.3 is 0 Å². The van der Waals surface area contributed by atoms with Gasteiger partial charge in [-0.1, -0.05) is 82.5 Å². The Kier molecular flexibility index (Phi) is 6.49. The minimum Gasteiger partial charge on any atom is -0.0817 e. The highest BCUT2D eigenvalue weighted by atomic mass is 14.4. The van der Waals surface area contributed by atoms with Crippen LogP contribution in [0.15, 0.2) is 42.0 Å². The van der Waals surface area contributed by atoms with E-state index >= 15 is 0 Å². The summed E-state index contributed by atoms with van der Waals surface area (Å²) in [7, 11) is 0. The van der Waals surface area contributed by atoms with Crippen LogP contribution in [0, 0.1) is 18.3 Å². The molecule has 2 atom stereocenters. The molecular formula is C24H36. The van der Waals surface area contributed by atoms with E-state index in [-0.39, 0.29) is 0 Å². The van der Waals surface area contributed by atoms with Crippen molar-refractivity contribution in [2.75, 3.05) is 0 Å². The van der Waals surface area contributed by atoms with E-state index in [1.165, 1.54) is 43.2 Å². The third kappa shape index (κ3) is 4.02. The van der Waals surface area contributed by atoms with Crippen LogP contribution in [-0.4, -0.2) is 0 Å². The molecule has 24 heavy (non-hydrogen) atoms. The van der Waals surface area contributed by atoms with Crippen molar-refractivity contribution in [3.05, 3.63) is 58.7 Å². The summed E-state index contributed by atoms with van der Waals surface area (Å²) in [6.07, 6.45) is 13.3. The van der Waals surface area contributed by atoms with Gasteiger partial charge in [-0.3, -0.25) is 0 Å². The third-order valence-corrected chi connectivity index (χ3v) is 6.39. The van der Waals surface area contributed by atoms with Crippen molar-refractivity contribution in [3.63, 3.8) is 0 Å². The van der Waals surface area contributed by atoms with Crippen LogP contribution in [0.2, 0.25) is 0 Å². The SMILES string of the molecule is CCC1C(C)=CC=CC(C)CC(CC)(CC)Cc2c(C)cccc21. The first-order valence-corrected chi connectivity index (χ1v) is 9.89. The van der Waals surface area contributed by atoms with Crippen LogP contribution in [-0.2, 0) is 6.42 Å². The van der Waals surface area contributed by atoms with Crippen molar-refractivity contribution in [3.8, 4) is 0 Å². The first kappa shape index (κ1) is 19.0. The molecule has 2 unspecified atom stereocenters. The largest absolute Gasteiger partial charge is 0.0817 e. The van der Waals surface area contributed by atoms with E-state index in [0.717, 1.165) is 0 Å². The highest BCUT2D eigenvalue weighted by Crippen LogP contribution is 2.42. The number of benzene rings is 1. The van der Waals surface area contributed by atoms with Gasteiger partial charge in [0.05, 0.1) is 0 Å². The molecule has 1 aromatic carbocycles. The van der Waals surface area contributed by atoms with Gasteiger partial charge in [0.25, 0.3) is 0 Å². The minimum absolute atomic E-state index is 0.418. The van der Waals surface area contributed by atoms with Crippen molar-refractivity contribution in [1.82, 2.24) is 0 Å². The maximum atomic E-state index is 2.42. The molecule has 0 heteroatoms. The second-order valence-corrected chi connectivity index (χ2v) is 7.96. The summed E-state index contributed by atoms with van der Waals surface area (Å²) in [6.45, 7) is 14.1. The number of allylic oxidation sites excluding steroid dienone is 4. The van der Waals surface area contributed by atoms with Crippen LogP contribution in [0.3, 0.4) is 0 Å². The van der Waals surface area contributed by atoms with Gasteiger partial charge in [0.1, 0.15) is 0 Å². The van der Waals surface area contributed by atoms with Crippen LogP contribution < -0.4 is 0 Å². The molecule has 1 aliphatic carbocycles. The lowest BCUT2D eigenvalue weighted by Gasteiger charge is -2.36. The molecule has 1 aliphatic rings. The lowest BCUT2D eigenvalue weighted by molar-refractivity contribution is 0.213. The van der Waals surface area contributed by atoms with Crippen molar-refractivity contribution >= 4 is 0 Å². The fourth-order valence-corrected chi connectivity index (χ4v) is 4.58. The topological polar surface area (TPSA) is 0 Å². The minimum atomic E-state index is 0.418. The Hall–Kier alpha value is -1.30. The van der Waals surface area contributed by atoms with E-state index in [1.54, 1.807) is 11.1 Å². The first-order valence-electron chi connectivity index (χ1n) is 9.89. The van der Waals surface area contributed by atoms with Crippen molar-refractivity contribution < 1.29 is 0 Å². The van der Waals surface area contributed by atoms with Crippen LogP contribution in [0.25, 0.3) is 0 Å². The summed E-state index contributed by atoms with van der Waals surface area (Å²) in [4.78, 5) is 0. The van der Waals surface area contributed by atoms with E-state index in [1.807, 2.05) is 0 Å². The normalized spacial score (nSPS) is 24.0. The summed E-state index contributed by atoms with van der Waals surface area (Å²) < 4.78 is 0. The average Bonchev–Trinajstić information content (AvgIpc) is 2.58. The summed E-state index contributed by atoms with van der Waals surface area (Å²) >= 11 is 0. The summed E-state index contributed by atoms with van der Waals surface area (Å²) in [5.74, 6) is 1.18. The van der Waals surface area contributed by atoms with E-state index in [2.05, 4.69) is 78.0 Å². The maximum Gasteiger partial charge on any atom is 0.00487 e. The van der Waals surface area contributed by atoms with E-state index < -0.39 is 0 Å². The van der Waals surface area contributed by atoms with Gasteiger partial charge < -0.3 is 0 Å². The molecule has 0 bridgehead atoms. The lowest BCUT2D eigenvalue weighted by atomic mass is 9.69. The fraction of sp³-hybridized carbons (Fsp3) is 0.583. The number of rotatable bonds is 3. The van der Waals surface area contributed by atoms with Gasteiger partial charge in [-0.25, -0.2) is 0 Å². The van der Waals surface area contributed by atoms with Crippen molar-refractivity contribution in [1.29, 1.82) is 0 Å². The maximum absolute atomic E-state index is 2.42. The molecular weight excluding hydrogens is 288 g/mol. The molecule has 0 aromatic heterocycles. The number of hydrogen-bond donors (Lipinski definition) is 0. The molecule has 0 amide bonds. The molecule has 1 aromatic rings. The molecule has 132 valence electrons. The predicted molar refractivity (Wildman–Crippen MR) is 108 cm³/mol. The van der Waals surface area contributed by atoms with Gasteiger partial charge in [-0.05, 0) is 61.1 Å². The molecule has 0 N–H and O–H groups in total.